The second-order valence-corrected chi connectivity index (χ2v) is 10.4. The lowest BCUT2D eigenvalue weighted by molar-refractivity contribution is -0.125. The average molecular weight is 366 g/mol. The first-order valence-corrected chi connectivity index (χ1v) is 10.9. The molecule has 0 aromatic heterocycles. The van der Waals surface area contributed by atoms with Crippen LogP contribution in [0.25, 0.3) is 0 Å². The fourth-order valence-electron chi connectivity index (χ4n) is 8.21. The third-order valence-electron chi connectivity index (χ3n) is 9.55. The Bertz CT molecular complexity index is 796. The summed E-state index contributed by atoms with van der Waals surface area (Å²) in [5.41, 5.74) is 1.26. The molecule has 3 saturated carbocycles. The van der Waals surface area contributed by atoms with Gasteiger partial charge in [-0.25, -0.2) is 0 Å². The van der Waals surface area contributed by atoms with E-state index in [0.29, 0.717) is 23.3 Å². The second-order valence-electron chi connectivity index (χ2n) is 10.4. The summed E-state index contributed by atoms with van der Waals surface area (Å²) >= 11 is 0. The van der Waals surface area contributed by atoms with Gasteiger partial charge in [-0.1, -0.05) is 44.4 Å². The average Bonchev–Trinajstić information content (AvgIpc) is 3.25. The minimum Gasteiger partial charge on any atom is -0.393 e. The van der Waals surface area contributed by atoms with Crippen LogP contribution in [-0.2, 0) is 4.79 Å². The molecule has 6 atom stereocenters. The molecule has 3 heteroatoms. The van der Waals surface area contributed by atoms with Crippen LogP contribution < -0.4 is 0 Å². The van der Waals surface area contributed by atoms with Crippen molar-refractivity contribution in [3.8, 4) is 6.07 Å². The molecular weight excluding hydrogens is 334 g/mol. The quantitative estimate of drug-likeness (QED) is 0.632. The van der Waals surface area contributed by atoms with Crippen molar-refractivity contribution in [2.45, 2.75) is 77.7 Å². The zero-order valence-electron chi connectivity index (χ0n) is 16.6. The third-order valence-corrected chi connectivity index (χ3v) is 9.55. The van der Waals surface area contributed by atoms with Crippen molar-refractivity contribution in [3.63, 3.8) is 0 Å². The fourth-order valence-corrected chi connectivity index (χ4v) is 8.21. The zero-order chi connectivity index (χ0) is 19.0. The van der Waals surface area contributed by atoms with E-state index in [1.54, 1.807) is 0 Å². The number of ketones is 1. The minimum absolute atomic E-state index is 0.0557. The Hall–Kier alpha value is -1.40. The number of fused-ring (bicyclic) bond motifs is 6. The highest BCUT2D eigenvalue weighted by atomic mass is 16.3. The Morgan fingerprint density at radius 3 is 2.56 bits per heavy atom. The Labute approximate surface area is 162 Å². The number of rotatable bonds is 0. The summed E-state index contributed by atoms with van der Waals surface area (Å²) < 4.78 is 0. The van der Waals surface area contributed by atoms with Crippen LogP contribution in [0, 0.1) is 45.3 Å². The molecule has 3 nitrogen and oxygen atoms in total. The molecule has 0 amide bonds. The number of nitriles is 1. The summed E-state index contributed by atoms with van der Waals surface area (Å²) in [4.78, 5) is 13.2. The lowest BCUT2D eigenvalue weighted by Crippen LogP contribution is -2.53. The third kappa shape index (κ3) is 2.03. The standard InChI is InChI=1S/C24H31NO2/c1-22-12-9-18-16(17(22)6-8-20(22)26)5-7-19-23(18,2)13-15(14-25)21(27)24(19)10-3-4-11-24/h7,13,16-18,20,26H,3-6,8-12H2,1-2H3/t16-,17-,18-,20-,22-,23+/m0/s1. The number of allylic oxidation sites excluding steroid dienone is 4. The predicted octanol–water partition coefficient (Wildman–Crippen LogP) is 4.72. The van der Waals surface area contributed by atoms with Crippen molar-refractivity contribution in [3.05, 3.63) is 23.3 Å². The van der Waals surface area contributed by atoms with Gasteiger partial charge in [0.05, 0.1) is 17.1 Å². The molecule has 27 heavy (non-hydrogen) atoms. The van der Waals surface area contributed by atoms with E-state index in [2.05, 4.69) is 32.1 Å². The molecule has 0 unspecified atom stereocenters. The fraction of sp³-hybridized carbons (Fsp3) is 0.750. The van der Waals surface area contributed by atoms with Crippen LogP contribution in [0.15, 0.2) is 23.3 Å². The molecule has 144 valence electrons. The minimum atomic E-state index is -0.393. The molecule has 5 rings (SSSR count). The van der Waals surface area contributed by atoms with Crippen molar-refractivity contribution in [1.82, 2.24) is 0 Å². The maximum absolute atomic E-state index is 13.2. The molecule has 0 radical (unpaired) electrons. The van der Waals surface area contributed by atoms with E-state index in [-0.39, 0.29) is 22.7 Å². The van der Waals surface area contributed by atoms with Crippen LogP contribution in [0.3, 0.4) is 0 Å². The second kappa shape index (κ2) is 5.57. The number of hydrogen-bond donors (Lipinski definition) is 1. The molecular formula is C24H31NO2. The van der Waals surface area contributed by atoms with Gasteiger partial charge in [0.25, 0.3) is 0 Å². The van der Waals surface area contributed by atoms with Crippen LogP contribution in [0.2, 0.25) is 0 Å². The van der Waals surface area contributed by atoms with E-state index in [1.165, 1.54) is 5.57 Å². The first kappa shape index (κ1) is 17.7. The molecule has 5 aliphatic rings. The van der Waals surface area contributed by atoms with E-state index in [9.17, 15) is 15.2 Å². The van der Waals surface area contributed by atoms with E-state index in [4.69, 9.17) is 0 Å². The first-order chi connectivity index (χ1) is 12.9. The van der Waals surface area contributed by atoms with Gasteiger partial charge in [0.15, 0.2) is 5.78 Å². The lowest BCUT2D eigenvalue weighted by Gasteiger charge is -2.58. The van der Waals surface area contributed by atoms with Gasteiger partial charge in [0.2, 0.25) is 0 Å². The number of carbonyl (C=O) groups is 1. The van der Waals surface area contributed by atoms with E-state index < -0.39 is 5.41 Å². The normalized spacial score (nSPS) is 47.6. The highest BCUT2D eigenvalue weighted by molar-refractivity contribution is 6.07. The van der Waals surface area contributed by atoms with Crippen molar-refractivity contribution < 1.29 is 9.90 Å². The van der Waals surface area contributed by atoms with Crippen LogP contribution in [0.1, 0.15) is 71.6 Å². The maximum atomic E-state index is 13.2. The molecule has 0 aromatic carbocycles. The number of hydrogen-bond acceptors (Lipinski definition) is 3. The van der Waals surface area contributed by atoms with Gasteiger partial charge < -0.3 is 5.11 Å². The number of Topliss-reactive ketones (excluding diaryl/α,β-unsaturated/α-hetero) is 1. The summed E-state index contributed by atoms with van der Waals surface area (Å²) in [5.74, 6) is 1.73. The number of carbonyl (C=O) groups excluding carboxylic acids is 1. The van der Waals surface area contributed by atoms with E-state index in [0.717, 1.165) is 57.8 Å². The Morgan fingerprint density at radius 2 is 1.85 bits per heavy atom. The van der Waals surface area contributed by atoms with Crippen molar-refractivity contribution in [1.29, 1.82) is 5.26 Å². The predicted molar refractivity (Wildman–Crippen MR) is 103 cm³/mol. The van der Waals surface area contributed by atoms with Crippen molar-refractivity contribution >= 4 is 5.78 Å². The van der Waals surface area contributed by atoms with Gasteiger partial charge in [-0.15, -0.1) is 0 Å². The van der Waals surface area contributed by atoms with Gasteiger partial charge >= 0.3 is 0 Å². The number of aliphatic hydroxyl groups is 1. The SMILES string of the molecule is C[C@]12CC[C@H]3[C@@H](CC=C4C5(CCCC5)C(=O)C(C#N)=C[C@@]43C)[C@@H]1CC[C@@H]2O. The Morgan fingerprint density at radius 1 is 1.11 bits per heavy atom. The highest BCUT2D eigenvalue weighted by Gasteiger charge is 2.62. The van der Waals surface area contributed by atoms with Crippen LogP contribution in [-0.4, -0.2) is 17.0 Å². The molecule has 0 aromatic rings. The van der Waals surface area contributed by atoms with Gasteiger partial charge in [-0.3, -0.25) is 4.79 Å². The lowest BCUT2D eigenvalue weighted by atomic mass is 9.45. The smallest absolute Gasteiger partial charge is 0.183 e. The van der Waals surface area contributed by atoms with Crippen LogP contribution in [0.4, 0.5) is 0 Å². The molecule has 0 heterocycles. The van der Waals surface area contributed by atoms with Gasteiger partial charge in [-0.2, -0.15) is 5.26 Å². The Kier molecular flexibility index (Phi) is 3.65. The maximum Gasteiger partial charge on any atom is 0.183 e. The summed E-state index contributed by atoms with van der Waals surface area (Å²) in [6.07, 6.45) is 13.6. The molecule has 3 fully saturated rings. The topological polar surface area (TPSA) is 61.1 Å². The van der Waals surface area contributed by atoms with Crippen LogP contribution >= 0.6 is 0 Å². The summed E-state index contributed by atoms with van der Waals surface area (Å²) in [6, 6.07) is 2.26. The monoisotopic (exact) mass is 365 g/mol. The van der Waals surface area contributed by atoms with Gasteiger partial charge in [0.1, 0.15) is 6.07 Å². The summed E-state index contributed by atoms with van der Waals surface area (Å²) in [5, 5.41) is 20.4. The molecule has 5 aliphatic carbocycles. The zero-order valence-corrected chi connectivity index (χ0v) is 16.6. The largest absolute Gasteiger partial charge is 0.393 e. The first-order valence-electron chi connectivity index (χ1n) is 10.9. The number of aliphatic hydroxyl groups excluding tert-OH is 1. The summed E-state index contributed by atoms with van der Waals surface area (Å²) in [6.45, 7) is 4.61. The molecule has 0 saturated heterocycles. The molecule has 1 N–H and O–H groups in total. The Balaban J connectivity index is 1.63. The number of nitrogens with zero attached hydrogens (tertiary/aromatic N) is 1. The summed E-state index contributed by atoms with van der Waals surface area (Å²) in [7, 11) is 0. The van der Waals surface area contributed by atoms with Gasteiger partial charge in [-0.05, 0) is 68.1 Å². The van der Waals surface area contributed by atoms with Crippen molar-refractivity contribution in [2.24, 2.45) is 34.0 Å². The van der Waals surface area contributed by atoms with Crippen LogP contribution in [0.5, 0.6) is 0 Å². The highest BCUT2D eigenvalue weighted by Crippen LogP contribution is 2.67. The van der Waals surface area contributed by atoms with Crippen molar-refractivity contribution in [2.75, 3.05) is 0 Å². The molecule has 0 aliphatic heterocycles. The van der Waals surface area contributed by atoms with E-state index in [1.807, 2.05) is 0 Å². The van der Waals surface area contributed by atoms with E-state index >= 15 is 0 Å². The molecule has 0 bridgehead atoms. The molecule has 1 spiro atoms. The van der Waals surface area contributed by atoms with Gasteiger partial charge in [0, 0.05) is 5.41 Å².